The fourth-order valence-electron chi connectivity index (χ4n) is 1.34. The summed E-state index contributed by atoms with van der Waals surface area (Å²) in [5.74, 6) is 0.757. The van der Waals surface area contributed by atoms with Gasteiger partial charge in [0.05, 0.1) is 0 Å². The molecule has 2 heterocycles. The zero-order chi connectivity index (χ0) is 10.5. The topological polar surface area (TPSA) is 79.4 Å². The summed E-state index contributed by atoms with van der Waals surface area (Å²) in [6, 6.07) is 1.85. The number of H-pyrrole nitrogens is 1. The Morgan fingerprint density at radius 1 is 1.27 bits per heavy atom. The van der Waals surface area contributed by atoms with E-state index < -0.39 is 0 Å². The van der Waals surface area contributed by atoms with Gasteiger partial charge in [0.15, 0.2) is 5.82 Å². The molecule has 80 valence electrons. The first-order valence-corrected chi connectivity index (χ1v) is 5.18. The quantitative estimate of drug-likeness (QED) is 0.722. The SMILES string of the molecule is CCCCCNc1cc2n[nH]nc2nn1. The predicted molar refractivity (Wildman–Crippen MR) is 57.5 cm³/mol. The number of fused-ring (bicyclic) bond motifs is 1. The van der Waals surface area contributed by atoms with Crippen molar-refractivity contribution >= 4 is 17.0 Å². The molecule has 0 radical (unpaired) electrons. The van der Waals surface area contributed by atoms with Gasteiger partial charge in [0, 0.05) is 12.6 Å². The molecule has 2 aromatic heterocycles. The number of hydrogen-bond donors (Lipinski definition) is 2. The van der Waals surface area contributed by atoms with E-state index >= 15 is 0 Å². The van der Waals surface area contributed by atoms with Crippen LogP contribution >= 0.6 is 0 Å². The second kappa shape index (κ2) is 4.68. The maximum absolute atomic E-state index is 3.99. The van der Waals surface area contributed by atoms with Crippen LogP contribution in [0.1, 0.15) is 26.2 Å². The van der Waals surface area contributed by atoms with Crippen molar-refractivity contribution in [2.75, 3.05) is 11.9 Å². The van der Waals surface area contributed by atoms with Crippen LogP contribution in [0, 0.1) is 0 Å². The van der Waals surface area contributed by atoms with Crippen molar-refractivity contribution < 1.29 is 0 Å². The fourth-order valence-corrected chi connectivity index (χ4v) is 1.34. The van der Waals surface area contributed by atoms with Crippen LogP contribution in [0.2, 0.25) is 0 Å². The number of rotatable bonds is 5. The summed E-state index contributed by atoms with van der Waals surface area (Å²) in [5, 5.41) is 21.4. The van der Waals surface area contributed by atoms with E-state index in [1.165, 1.54) is 12.8 Å². The zero-order valence-electron chi connectivity index (χ0n) is 8.69. The Morgan fingerprint density at radius 2 is 2.20 bits per heavy atom. The molecule has 0 unspecified atom stereocenters. The summed E-state index contributed by atoms with van der Waals surface area (Å²) in [7, 11) is 0. The van der Waals surface area contributed by atoms with Crippen LogP contribution < -0.4 is 5.32 Å². The lowest BCUT2D eigenvalue weighted by Gasteiger charge is -2.02. The third-order valence-electron chi connectivity index (χ3n) is 2.17. The largest absolute Gasteiger partial charge is 0.369 e. The second-order valence-electron chi connectivity index (χ2n) is 3.40. The number of unbranched alkanes of at least 4 members (excludes halogenated alkanes) is 2. The van der Waals surface area contributed by atoms with Crippen LogP contribution in [0.3, 0.4) is 0 Å². The van der Waals surface area contributed by atoms with Crippen LogP contribution in [0.25, 0.3) is 11.2 Å². The molecule has 0 amide bonds. The molecule has 0 aromatic carbocycles. The standard InChI is InChI=1S/C9H14N6/c1-2-3-4-5-10-8-6-7-9(13-12-8)14-15-11-7/h6H,2-5H2,1H3,(H,10,12)(H,11,13,14,15). The van der Waals surface area contributed by atoms with Crippen LogP contribution in [-0.4, -0.2) is 32.2 Å². The van der Waals surface area contributed by atoms with Gasteiger partial charge in [-0.1, -0.05) is 19.8 Å². The van der Waals surface area contributed by atoms with E-state index in [0.717, 1.165) is 24.3 Å². The molecule has 0 spiro atoms. The number of aromatic amines is 1. The van der Waals surface area contributed by atoms with E-state index in [2.05, 4.69) is 37.8 Å². The summed E-state index contributed by atoms with van der Waals surface area (Å²) < 4.78 is 0. The first-order valence-electron chi connectivity index (χ1n) is 5.18. The molecule has 15 heavy (non-hydrogen) atoms. The molecule has 0 aliphatic heterocycles. The summed E-state index contributed by atoms with van der Waals surface area (Å²) in [5.41, 5.74) is 1.29. The number of hydrogen-bond acceptors (Lipinski definition) is 5. The lowest BCUT2D eigenvalue weighted by atomic mass is 10.2. The van der Waals surface area contributed by atoms with E-state index in [-0.39, 0.29) is 0 Å². The fraction of sp³-hybridized carbons (Fsp3) is 0.556. The van der Waals surface area contributed by atoms with Gasteiger partial charge in [-0.2, -0.15) is 10.3 Å². The Balaban J connectivity index is 1.96. The van der Waals surface area contributed by atoms with E-state index in [4.69, 9.17) is 0 Å². The molecule has 6 nitrogen and oxygen atoms in total. The zero-order valence-corrected chi connectivity index (χ0v) is 8.69. The third kappa shape index (κ3) is 2.39. The molecule has 0 fully saturated rings. The molecule has 0 saturated carbocycles. The minimum atomic E-state index is 0.550. The maximum atomic E-state index is 3.99. The smallest absolute Gasteiger partial charge is 0.223 e. The van der Waals surface area contributed by atoms with E-state index in [1.54, 1.807) is 0 Å². The Morgan fingerprint density at radius 3 is 3.07 bits per heavy atom. The van der Waals surface area contributed by atoms with Gasteiger partial charge in [0.25, 0.3) is 0 Å². The lowest BCUT2D eigenvalue weighted by molar-refractivity contribution is 0.741. The summed E-state index contributed by atoms with van der Waals surface area (Å²) in [6.45, 7) is 3.10. The molecule has 2 aromatic rings. The lowest BCUT2D eigenvalue weighted by Crippen LogP contribution is -2.03. The molecule has 2 rings (SSSR count). The van der Waals surface area contributed by atoms with Crippen molar-refractivity contribution in [1.29, 1.82) is 0 Å². The van der Waals surface area contributed by atoms with Gasteiger partial charge in [0.2, 0.25) is 5.65 Å². The number of anilines is 1. The molecule has 6 heteroatoms. The van der Waals surface area contributed by atoms with Crippen LogP contribution in [-0.2, 0) is 0 Å². The molecular weight excluding hydrogens is 192 g/mol. The highest BCUT2D eigenvalue weighted by Crippen LogP contribution is 2.08. The molecular formula is C9H14N6. The molecule has 0 bridgehead atoms. The van der Waals surface area contributed by atoms with Gasteiger partial charge in [-0.05, 0) is 6.42 Å². The van der Waals surface area contributed by atoms with Gasteiger partial charge in [-0.15, -0.1) is 15.3 Å². The molecule has 2 N–H and O–H groups in total. The molecule has 0 saturated heterocycles. The van der Waals surface area contributed by atoms with Gasteiger partial charge in [-0.25, -0.2) is 0 Å². The average molecular weight is 206 g/mol. The van der Waals surface area contributed by atoms with Gasteiger partial charge < -0.3 is 5.32 Å². The van der Waals surface area contributed by atoms with Gasteiger partial charge in [-0.3, -0.25) is 0 Å². The highest BCUT2D eigenvalue weighted by molar-refractivity contribution is 5.70. The normalized spacial score (nSPS) is 10.7. The number of nitrogens with one attached hydrogen (secondary N) is 2. The summed E-state index contributed by atoms with van der Waals surface area (Å²) in [4.78, 5) is 0. The first-order chi connectivity index (χ1) is 7.40. The van der Waals surface area contributed by atoms with Crippen LogP contribution in [0.5, 0.6) is 0 Å². The molecule has 0 aliphatic rings. The summed E-state index contributed by atoms with van der Waals surface area (Å²) in [6.07, 6.45) is 3.59. The number of nitrogens with zero attached hydrogens (tertiary/aromatic N) is 4. The number of aromatic nitrogens is 5. The van der Waals surface area contributed by atoms with Crippen molar-refractivity contribution in [2.24, 2.45) is 0 Å². The Kier molecular flexibility index (Phi) is 3.06. The van der Waals surface area contributed by atoms with E-state index in [9.17, 15) is 0 Å². The van der Waals surface area contributed by atoms with E-state index in [0.29, 0.717) is 5.65 Å². The van der Waals surface area contributed by atoms with Gasteiger partial charge in [0.1, 0.15) is 5.52 Å². The predicted octanol–water partition coefficient (Wildman–Crippen LogP) is 1.35. The van der Waals surface area contributed by atoms with Crippen molar-refractivity contribution in [3.63, 3.8) is 0 Å². The highest BCUT2D eigenvalue weighted by atomic mass is 15.4. The third-order valence-corrected chi connectivity index (χ3v) is 2.17. The minimum absolute atomic E-state index is 0.550. The van der Waals surface area contributed by atoms with Gasteiger partial charge >= 0.3 is 0 Å². The first kappa shape index (κ1) is 9.82. The maximum Gasteiger partial charge on any atom is 0.223 e. The van der Waals surface area contributed by atoms with Crippen LogP contribution in [0.15, 0.2) is 6.07 Å². The van der Waals surface area contributed by atoms with Crippen molar-refractivity contribution in [2.45, 2.75) is 26.2 Å². The Bertz CT molecular complexity index is 423. The highest BCUT2D eigenvalue weighted by Gasteiger charge is 2.01. The van der Waals surface area contributed by atoms with Crippen molar-refractivity contribution in [1.82, 2.24) is 25.6 Å². The van der Waals surface area contributed by atoms with E-state index in [1.807, 2.05) is 6.07 Å². The second-order valence-corrected chi connectivity index (χ2v) is 3.40. The monoisotopic (exact) mass is 206 g/mol. The Hall–Kier alpha value is -1.72. The van der Waals surface area contributed by atoms with Crippen molar-refractivity contribution in [3.05, 3.63) is 6.07 Å². The summed E-state index contributed by atoms with van der Waals surface area (Å²) >= 11 is 0. The average Bonchev–Trinajstić information content (AvgIpc) is 2.71. The minimum Gasteiger partial charge on any atom is -0.369 e. The Labute approximate surface area is 87.5 Å². The van der Waals surface area contributed by atoms with Crippen LogP contribution in [0.4, 0.5) is 5.82 Å². The molecule has 0 atom stereocenters. The molecule has 0 aliphatic carbocycles. The van der Waals surface area contributed by atoms with Crippen molar-refractivity contribution in [3.8, 4) is 0 Å².